The van der Waals surface area contributed by atoms with Gasteiger partial charge in [0, 0.05) is 12.8 Å². The van der Waals surface area contributed by atoms with Crippen LogP contribution in [0, 0.1) is 6.92 Å². The van der Waals surface area contributed by atoms with E-state index in [9.17, 15) is 8.42 Å². The van der Waals surface area contributed by atoms with Crippen LogP contribution in [0.5, 0.6) is 0 Å². The highest BCUT2D eigenvalue weighted by Crippen LogP contribution is 2.11. The van der Waals surface area contributed by atoms with Gasteiger partial charge in [-0.1, -0.05) is 12.1 Å². The first kappa shape index (κ1) is 13.5. The number of benzene rings is 1. The van der Waals surface area contributed by atoms with Crippen LogP contribution in [0.3, 0.4) is 0 Å². The summed E-state index contributed by atoms with van der Waals surface area (Å²) >= 11 is 0. The largest absolute Gasteiger partial charge is 0.365 e. The quantitative estimate of drug-likeness (QED) is 0.922. The number of hydrogen-bond donors (Lipinski definition) is 1. The Morgan fingerprint density at radius 1 is 1.05 bits per heavy atom. The molecule has 0 radical (unpaired) electrons. The Bertz CT molecular complexity index is 649. The van der Waals surface area contributed by atoms with E-state index in [1.807, 2.05) is 19.1 Å². The molecule has 0 fully saturated rings. The van der Waals surface area contributed by atoms with E-state index in [0.29, 0.717) is 17.3 Å². The molecular weight excluding hydrogens is 262 g/mol. The molecule has 0 aliphatic carbocycles. The minimum absolute atomic E-state index is 0.325. The summed E-state index contributed by atoms with van der Waals surface area (Å²) in [5, 5.41) is 11.1. The minimum atomic E-state index is -3.13. The lowest BCUT2D eigenvalue weighted by Crippen LogP contribution is -2.03. The number of nitrogens with zero attached hydrogens (tertiary/aromatic N) is 2. The maximum Gasteiger partial charge on any atom is 0.175 e. The van der Waals surface area contributed by atoms with Crippen molar-refractivity contribution in [2.75, 3.05) is 11.6 Å². The predicted octanol–water partition coefficient (Wildman–Crippen LogP) is 1.80. The third-order valence-electron chi connectivity index (χ3n) is 2.62. The molecule has 1 N–H and O–H groups in total. The van der Waals surface area contributed by atoms with Gasteiger partial charge in [0.25, 0.3) is 0 Å². The molecule has 0 unspecified atom stereocenters. The van der Waals surface area contributed by atoms with Crippen LogP contribution < -0.4 is 5.32 Å². The molecule has 2 aromatic rings. The molecule has 1 aromatic heterocycles. The van der Waals surface area contributed by atoms with E-state index in [4.69, 9.17) is 0 Å². The van der Waals surface area contributed by atoms with Gasteiger partial charge >= 0.3 is 0 Å². The topological polar surface area (TPSA) is 72.0 Å². The van der Waals surface area contributed by atoms with Crippen molar-refractivity contribution in [2.45, 2.75) is 18.4 Å². The fourth-order valence-corrected chi connectivity index (χ4v) is 2.17. The highest BCUT2D eigenvalue weighted by atomic mass is 32.2. The molecule has 0 aliphatic heterocycles. The van der Waals surface area contributed by atoms with Crippen LogP contribution >= 0.6 is 0 Å². The summed E-state index contributed by atoms with van der Waals surface area (Å²) in [6.45, 7) is 2.45. The van der Waals surface area contributed by atoms with E-state index >= 15 is 0 Å². The normalized spacial score (nSPS) is 11.3. The number of anilines is 1. The molecule has 1 heterocycles. The molecule has 100 valence electrons. The van der Waals surface area contributed by atoms with Gasteiger partial charge in [-0.25, -0.2) is 8.42 Å². The van der Waals surface area contributed by atoms with Crippen LogP contribution in [0.4, 0.5) is 5.82 Å². The minimum Gasteiger partial charge on any atom is -0.365 e. The molecule has 6 heteroatoms. The van der Waals surface area contributed by atoms with E-state index in [0.717, 1.165) is 11.3 Å². The predicted molar refractivity (Wildman–Crippen MR) is 73.6 cm³/mol. The van der Waals surface area contributed by atoms with Crippen LogP contribution in [-0.2, 0) is 16.4 Å². The van der Waals surface area contributed by atoms with Crippen molar-refractivity contribution in [2.24, 2.45) is 0 Å². The van der Waals surface area contributed by atoms with Gasteiger partial charge in [0.05, 0.1) is 10.6 Å². The van der Waals surface area contributed by atoms with E-state index in [1.54, 1.807) is 24.3 Å². The Hall–Kier alpha value is -1.95. The number of aryl methyl sites for hydroxylation is 1. The van der Waals surface area contributed by atoms with Gasteiger partial charge in [-0.15, -0.1) is 5.10 Å². The smallest absolute Gasteiger partial charge is 0.175 e. The fraction of sp³-hybridized carbons (Fsp3) is 0.231. The molecule has 2 rings (SSSR count). The number of hydrogen-bond acceptors (Lipinski definition) is 5. The first-order valence-corrected chi connectivity index (χ1v) is 7.67. The second-order valence-corrected chi connectivity index (χ2v) is 6.35. The van der Waals surface area contributed by atoms with Crippen LogP contribution in [0.1, 0.15) is 11.3 Å². The van der Waals surface area contributed by atoms with E-state index < -0.39 is 9.84 Å². The highest BCUT2D eigenvalue weighted by molar-refractivity contribution is 7.90. The molecule has 0 saturated carbocycles. The summed E-state index contributed by atoms with van der Waals surface area (Å²) in [7, 11) is -3.13. The lowest BCUT2D eigenvalue weighted by molar-refractivity contribution is 0.602. The average Bonchev–Trinajstić information content (AvgIpc) is 2.37. The summed E-state index contributed by atoms with van der Waals surface area (Å²) in [5.41, 5.74) is 1.85. The zero-order valence-electron chi connectivity index (χ0n) is 10.8. The molecule has 1 aromatic carbocycles. The third-order valence-corrected chi connectivity index (χ3v) is 3.75. The Kier molecular flexibility index (Phi) is 3.80. The van der Waals surface area contributed by atoms with Crippen molar-refractivity contribution in [3.63, 3.8) is 0 Å². The van der Waals surface area contributed by atoms with Gasteiger partial charge in [0.2, 0.25) is 0 Å². The highest BCUT2D eigenvalue weighted by Gasteiger charge is 2.05. The first-order chi connectivity index (χ1) is 8.95. The molecule has 19 heavy (non-hydrogen) atoms. The van der Waals surface area contributed by atoms with Crippen molar-refractivity contribution in [1.29, 1.82) is 0 Å². The third kappa shape index (κ3) is 3.75. The molecule has 0 atom stereocenters. The molecule has 0 aliphatic rings. The molecule has 0 saturated heterocycles. The molecule has 0 amide bonds. The summed E-state index contributed by atoms with van der Waals surface area (Å²) < 4.78 is 22.6. The summed E-state index contributed by atoms with van der Waals surface area (Å²) in [4.78, 5) is 0.325. The molecule has 0 bridgehead atoms. The van der Waals surface area contributed by atoms with Gasteiger partial charge < -0.3 is 5.32 Å². The van der Waals surface area contributed by atoms with Crippen molar-refractivity contribution >= 4 is 15.7 Å². The second kappa shape index (κ2) is 5.36. The average molecular weight is 277 g/mol. The van der Waals surface area contributed by atoms with Gasteiger partial charge in [-0.3, -0.25) is 0 Å². The Morgan fingerprint density at radius 3 is 2.26 bits per heavy atom. The van der Waals surface area contributed by atoms with Crippen molar-refractivity contribution in [1.82, 2.24) is 10.2 Å². The summed E-state index contributed by atoms with van der Waals surface area (Å²) in [5.74, 6) is 0.692. The fourth-order valence-electron chi connectivity index (χ4n) is 1.54. The Morgan fingerprint density at radius 2 is 1.74 bits per heavy atom. The maximum absolute atomic E-state index is 11.3. The zero-order valence-corrected chi connectivity index (χ0v) is 11.6. The van der Waals surface area contributed by atoms with Crippen LogP contribution in [0.2, 0.25) is 0 Å². The maximum atomic E-state index is 11.3. The zero-order chi connectivity index (χ0) is 13.9. The lowest BCUT2D eigenvalue weighted by Gasteiger charge is -2.06. The van der Waals surface area contributed by atoms with Crippen LogP contribution in [-0.4, -0.2) is 24.9 Å². The summed E-state index contributed by atoms with van der Waals surface area (Å²) in [6.07, 6.45) is 1.20. The van der Waals surface area contributed by atoms with Crippen molar-refractivity contribution in [3.05, 3.63) is 47.7 Å². The summed E-state index contributed by atoms with van der Waals surface area (Å²) in [6, 6.07) is 10.5. The Labute approximate surface area is 112 Å². The van der Waals surface area contributed by atoms with Gasteiger partial charge in [-0.2, -0.15) is 5.10 Å². The standard InChI is InChI=1S/C13H15N3O2S/c1-10-3-8-13(16-15-10)14-9-11-4-6-12(7-5-11)19(2,17)18/h3-8H,9H2,1-2H3,(H,14,16). The van der Waals surface area contributed by atoms with Crippen LogP contribution in [0.15, 0.2) is 41.3 Å². The second-order valence-electron chi connectivity index (χ2n) is 4.33. The van der Waals surface area contributed by atoms with E-state index in [2.05, 4.69) is 15.5 Å². The van der Waals surface area contributed by atoms with Gasteiger partial charge in [0.1, 0.15) is 5.82 Å². The number of rotatable bonds is 4. The van der Waals surface area contributed by atoms with Crippen molar-refractivity contribution < 1.29 is 8.42 Å². The van der Waals surface area contributed by atoms with Crippen molar-refractivity contribution in [3.8, 4) is 0 Å². The lowest BCUT2D eigenvalue weighted by atomic mass is 10.2. The van der Waals surface area contributed by atoms with E-state index in [1.165, 1.54) is 6.26 Å². The Balaban J connectivity index is 2.02. The molecule has 0 spiro atoms. The first-order valence-electron chi connectivity index (χ1n) is 5.78. The molecular formula is C13H15N3O2S. The van der Waals surface area contributed by atoms with Gasteiger partial charge in [0.15, 0.2) is 9.84 Å². The molecule has 5 nitrogen and oxygen atoms in total. The number of aromatic nitrogens is 2. The monoisotopic (exact) mass is 277 g/mol. The number of nitrogens with one attached hydrogen (secondary N) is 1. The number of sulfone groups is 1. The van der Waals surface area contributed by atoms with E-state index in [-0.39, 0.29) is 0 Å². The van der Waals surface area contributed by atoms with Crippen LogP contribution in [0.25, 0.3) is 0 Å². The SMILES string of the molecule is Cc1ccc(NCc2ccc(S(C)(=O)=O)cc2)nn1. The van der Waals surface area contributed by atoms with Gasteiger partial charge in [-0.05, 0) is 36.8 Å².